The minimum atomic E-state index is -0.543. The van der Waals surface area contributed by atoms with E-state index in [0.717, 1.165) is 6.08 Å². The Balaban J connectivity index is 0.00000169. The predicted octanol–water partition coefficient (Wildman–Crippen LogP) is 2.16. The standard InChI is InChI=1S/C11H11O2.Re/c1-3-11(12)13-10-6-4-5-9(2)7-8-10;/h1,3-9H,2H3;/q-1;. The minimum Gasteiger partial charge on any atom is -0.511 e. The Morgan fingerprint density at radius 1 is 1.57 bits per heavy atom. The Kier molecular flexibility index (Phi) is 6.11. The van der Waals surface area contributed by atoms with Crippen LogP contribution < -0.4 is 0 Å². The van der Waals surface area contributed by atoms with Crippen molar-refractivity contribution in [1.82, 2.24) is 0 Å². The van der Waals surface area contributed by atoms with Crippen molar-refractivity contribution in [2.75, 3.05) is 0 Å². The summed E-state index contributed by atoms with van der Waals surface area (Å²) in [4.78, 5) is 10.8. The third-order valence-corrected chi connectivity index (χ3v) is 1.59. The van der Waals surface area contributed by atoms with Crippen LogP contribution in [0.5, 0.6) is 0 Å². The molecule has 75 valence electrons. The summed E-state index contributed by atoms with van der Waals surface area (Å²) in [7, 11) is 0. The van der Waals surface area contributed by atoms with Gasteiger partial charge in [-0.05, 0) is 18.1 Å². The zero-order valence-electron chi connectivity index (χ0n) is 7.81. The first-order valence-electron chi connectivity index (χ1n) is 4.06. The molecular formula is C11H11O2Re-. The summed E-state index contributed by atoms with van der Waals surface area (Å²) in [6.07, 6.45) is 10.2. The molecule has 0 saturated heterocycles. The first-order valence-corrected chi connectivity index (χ1v) is 4.06. The smallest absolute Gasteiger partial charge is 0.172 e. The number of allylic oxidation sites excluding steroid dienone is 5. The van der Waals surface area contributed by atoms with Crippen LogP contribution in [0.3, 0.4) is 0 Å². The van der Waals surface area contributed by atoms with E-state index >= 15 is 0 Å². The summed E-state index contributed by atoms with van der Waals surface area (Å²) in [5.74, 6) is 0.320. The van der Waals surface area contributed by atoms with Gasteiger partial charge in [0.1, 0.15) is 5.76 Å². The summed E-state index contributed by atoms with van der Waals surface area (Å²) in [6.45, 7) is 7.03. The molecule has 14 heavy (non-hydrogen) atoms. The summed E-state index contributed by atoms with van der Waals surface area (Å²) < 4.78 is 4.87. The third-order valence-electron chi connectivity index (χ3n) is 1.59. The van der Waals surface area contributed by atoms with Crippen molar-refractivity contribution in [2.45, 2.75) is 6.92 Å². The second-order valence-corrected chi connectivity index (χ2v) is 2.76. The van der Waals surface area contributed by atoms with Crippen LogP contribution in [-0.4, -0.2) is 5.97 Å². The Morgan fingerprint density at radius 3 is 2.93 bits per heavy atom. The van der Waals surface area contributed by atoms with E-state index in [1.807, 2.05) is 25.2 Å². The molecular weight excluding hydrogens is 350 g/mol. The molecule has 0 aliphatic heterocycles. The van der Waals surface area contributed by atoms with Crippen LogP contribution in [0.4, 0.5) is 0 Å². The Labute approximate surface area is 97.7 Å². The molecule has 0 amide bonds. The van der Waals surface area contributed by atoms with Crippen molar-refractivity contribution >= 4 is 5.97 Å². The zero-order chi connectivity index (χ0) is 9.68. The number of carbonyl (C=O) groups excluding carboxylic acids is 1. The van der Waals surface area contributed by atoms with Gasteiger partial charge in [0, 0.05) is 20.4 Å². The fraction of sp³-hybridized carbons (Fsp3) is 0.182. The second-order valence-electron chi connectivity index (χ2n) is 2.76. The first-order chi connectivity index (χ1) is 6.22. The average molecular weight is 361 g/mol. The molecule has 1 radical (unpaired) electrons. The number of hydrogen-bond acceptors (Lipinski definition) is 2. The van der Waals surface area contributed by atoms with Gasteiger partial charge in [-0.25, -0.2) is 0 Å². The maximum absolute atomic E-state index is 10.8. The van der Waals surface area contributed by atoms with Gasteiger partial charge in [-0.3, -0.25) is 6.58 Å². The topological polar surface area (TPSA) is 26.3 Å². The van der Waals surface area contributed by atoms with E-state index < -0.39 is 5.97 Å². The van der Waals surface area contributed by atoms with Gasteiger partial charge in [0.05, 0.1) is 0 Å². The number of hydrogen-bond donors (Lipinski definition) is 0. The molecule has 2 nitrogen and oxygen atoms in total. The van der Waals surface area contributed by atoms with Crippen LogP contribution in [-0.2, 0) is 30.0 Å². The number of rotatable bonds is 2. The number of carbonyl (C=O) groups is 1. The normalized spacial score (nSPS) is 18.9. The van der Waals surface area contributed by atoms with Gasteiger partial charge in [0.15, 0.2) is 5.97 Å². The van der Waals surface area contributed by atoms with E-state index in [1.54, 1.807) is 12.2 Å². The number of esters is 1. The van der Waals surface area contributed by atoms with Crippen LogP contribution in [0.15, 0.2) is 42.2 Å². The van der Waals surface area contributed by atoms with Gasteiger partial charge in [0.25, 0.3) is 0 Å². The fourth-order valence-electron chi connectivity index (χ4n) is 0.910. The number of ether oxygens (including phenoxy) is 1. The molecule has 1 aliphatic carbocycles. The molecule has 0 aromatic carbocycles. The van der Waals surface area contributed by atoms with Gasteiger partial charge in [0.2, 0.25) is 0 Å². The zero-order valence-corrected chi connectivity index (χ0v) is 10.5. The third kappa shape index (κ3) is 4.36. The van der Waals surface area contributed by atoms with Crippen molar-refractivity contribution in [3.63, 3.8) is 0 Å². The molecule has 0 aromatic heterocycles. The molecule has 0 bridgehead atoms. The Bertz CT molecular complexity index is 300. The van der Waals surface area contributed by atoms with Gasteiger partial charge >= 0.3 is 0 Å². The minimum absolute atomic E-state index is 0. The van der Waals surface area contributed by atoms with Crippen molar-refractivity contribution in [2.24, 2.45) is 5.92 Å². The van der Waals surface area contributed by atoms with Crippen LogP contribution >= 0.6 is 0 Å². The summed E-state index contributed by atoms with van der Waals surface area (Å²) in [5.41, 5.74) is 0. The molecule has 1 unspecified atom stereocenters. The Morgan fingerprint density at radius 2 is 2.29 bits per heavy atom. The first kappa shape index (κ1) is 13.1. The molecule has 0 saturated carbocycles. The van der Waals surface area contributed by atoms with Crippen molar-refractivity contribution in [3.05, 3.63) is 48.8 Å². The van der Waals surface area contributed by atoms with E-state index in [0.29, 0.717) is 11.7 Å². The molecule has 0 aromatic rings. The molecule has 1 atom stereocenters. The van der Waals surface area contributed by atoms with Crippen LogP contribution in [0.2, 0.25) is 0 Å². The summed E-state index contributed by atoms with van der Waals surface area (Å²) in [5, 5.41) is 0. The largest absolute Gasteiger partial charge is 0.511 e. The molecule has 0 N–H and O–H groups in total. The summed E-state index contributed by atoms with van der Waals surface area (Å²) >= 11 is 0. The molecule has 1 aliphatic rings. The fourth-order valence-corrected chi connectivity index (χ4v) is 0.910. The van der Waals surface area contributed by atoms with Crippen molar-refractivity contribution in [1.29, 1.82) is 0 Å². The molecule has 1 rings (SSSR count). The molecule has 0 spiro atoms. The van der Waals surface area contributed by atoms with Crippen LogP contribution in [0.25, 0.3) is 0 Å². The molecule has 0 fully saturated rings. The van der Waals surface area contributed by atoms with Gasteiger partial charge in [-0.1, -0.05) is 25.2 Å². The van der Waals surface area contributed by atoms with E-state index in [1.165, 1.54) is 0 Å². The summed E-state index contributed by atoms with van der Waals surface area (Å²) in [6, 6.07) is 0. The second kappa shape index (κ2) is 6.53. The maximum Gasteiger partial charge on any atom is 0.172 e. The van der Waals surface area contributed by atoms with E-state index in [-0.39, 0.29) is 20.4 Å². The van der Waals surface area contributed by atoms with E-state index in [4.69, 9.17) is 11.3 Å². The molecule has 3 heteroatoms. The van der Waals surface area contributed by atoms with Gasteiger partial charge < -0.3 is 9.53 Å². The quantitative estimate of drug-likeness (QED) is 0.428. The monoisotopic (exact) mass is 362 g/mol. The van der Waals surface area contributed by atoms with Gasteiger partial charge in [-0.2, -0.15) is 6.08 Å². The van der Waals surface area contributed by atoms with Gasteiger partial charge in [-0.15, -0.1) is 0 Å². The van der Waals surface area contributed by atoms with E-state index in [9.17, 15) is 4.79 Å². The van der Waals surface area contributed by atoms with E-state index in [2.05, 4.69) is 0 Å². The average Bonchev–Trinajstić information content (AvgIpc) is 2.31. The Hall–Kier alpha value is -0.908. The predicted molar refractivity (Wildman–Crippen MR) is 50.5 cm³/mol. The van der Waals surface area contributed by atoms with Crippen LogP contribution in [0, 0.1) is 12.5 Å². The SMILES string of the molecule is [CH-]=CC(=O)OC1=CC=CC(C)C=C1.[Re]. The maximum atomic E-state index is 10.8. The van der Waals surface area contributed by atoms with Crippen molar-refractivity contribution < 1.29 is 30.0 Å². The molecule has 0 heterocycles. The van der Waals surface area contributed by atoms with Crippen molar-refractivity contribution in [3.8, 4) is 0 Å². The van der Waals surface area contributed by atoms with Crippen LogP contribution in [0.1, 0.15) is 6.92 Å².